The summed E-state index contributed by atoms with van der Waals surface area (Å²) in [5.41, 5.74) is 2.62. The van der Waals surface area contributed by atoms with E-state index in [9.17, 15) is 9.18 Å². The van der Waals surface area contributed by atoms with E-state index < -0.39 is 0 Å². The van der Waals surface area contributed by atoms with Gasteiger partial charge in [-0.05, 0) is 25.5 Å². The zero-order valence-corrected chi connectivity index (χ0v) is 14.3. The van der Waals surface area contributed by atoms with Crippen LogP contribution >= 0.6 is 0 Å². The first-order valence-electron chi connectivity index (χ1n) is 8.75. The number of hydrogen-bond acceptors (Lipinski definition) is 3. The van der Waals surface area contributed by atoms with Crippen molar-refractivity contribution in [3.05, 3.63) is 46.1 Å². The Hall–Kier alpha value is -2.18. The summed E-state index contributed by atoms with van der Waals surface area (Å²) in [6, 6.07) is 6.52. The molecule has 0 amide bonds. The van der Waals surface area contributed by atoms with E-state index in [0.29, 0.717) is 0 Å². The van der Waals surface area contributed by atoms with Crippen LogP contribution in [0.1, 0.15) is 12.1 Å². The molecule has 5 nitrogen and oxygen atoms in total. The molecule has 6 heteroatoms. The van der Waals surface area contributed by atoms with Crippen molar-refractivity contribution in [1.82, 2.24) is 14.5 Å². The molecule has 25 heavy (non-hydrogen) atoms. The van der Waals surface area contributed by atoms with Gasteiger partial charge in [0.1, 0.15) is 0 Å². The minimum atomic E-state index is -0.358. The number of benzene rings is 1. The molecule has 1 saturated heterocycles. The Morgan fingerprint density at radius 3 is 2.76 bits per heavy atom. The topological polar surface area (TPSA) is 50.3 Å². The summed E-state index contributed by atoms with van der Waals surface area (Å²) in [6.45, 7) is 7.18. The van der Waals surface area contributed by atoms with Gasteiger partial charge in [-0.25, -0.2) is 0 Å². The van der Waals surface area contributed by atoms with Gasteiger partial charge in [-0.3, -0.25) is 9.69 Å². The van der Waals surface area contributed by atoms with Crippen molar-refractivity contribution < 1.29 is 9.13 Å². The van der Waals surface area contributed by atoms with Crippen molar-refractivity contribution in [3.63, 3.8) is 0 Å². The highest BCUT2D eigenvalue weighted by Crippen LogP contribution is 2.30. The number of morpholine rings is 1. The van der Waals surface area contributed by atoms with Crippen LogP contribution in [0.5, 0.6) is 0 Å². The van der Waals surface area contributed by atoms with E-state index in [1.807, 2.05) is 6.92 Å². The second-order valence-electron chi connectivity index (χ2n) is 6.64. The van der Waals surface area contributed by atoms with E-state index in [1.54, 1.807) is 18.2 Å². The SMILES string of the molecule is Cc1[nH]c(F)cc2c3ccc(=O)cc3n(CCCN3CCOCC3)c12. The number of rotatable bonds is 4. The Labute approximate surface area is 145 Å². The highest BCUT2D eigenvalue weighted by atomic mass is 19.1. The first kappa shape index (κ1) is 16.3. The summed E-state index contributed by atoms with van der Waals surface area (Å²) < 4.78 is 21.4. The maximum Gasteiger partial charge on any atom is 0.191 e. The van der Waals surface area contributed by atoms with E-state index in [4.69, 9.17) is 4.74 Å². The summed E-state index contributed by atoms with van der Waals surface area (Å²) in [6.07, 6.45) is 0.971. The fourth-order valence-corrected chi connectivity index (χ4v) is 3.82. The molecule has 1 aromatic carbocycles. The molecule has 0 bridgehead atoms. The maximum atomic E-state index is 13.9. The highest BCUT2D eigenvalue weighted by molar-refractivity contribution is 6.08. The van der Waals surface area contributed by atoms with Crippen LogP contribution in [0.25, 0.3) is 21.8 Å². The van der Waals surface area contributed by atoms with Gasteiger partial charge in [0.15, 0.2) is 11.4 Å². The average Bonchev–Trinajstić information content (AvgIpc) is 2.89. The minimum Gasteiger partial charge on any atom is -0.379 e. The molecular formula is C19H22FN3O2. The third-order valence-electron chi connectivity index (χ3n) is 4.97. The van der Waals surface area contributed by atoms with Gasteiger partial charge in [-0.15, -0.1) is 0 Å². The van der Waals surface area contributed by atoms with E-state index in [2.05, 4.69) is 14.5 Å². The standard InChI is InChI=1S/C19H22FN3O2/c1-13-19-16(12-18(20)21-13)15-4-3-14(24)11-17(15)23(19)6-2-5-22-7-9-25-10-8-22/h3-4,11-12,21H,2,5-10H2,1H3. The quantitative estimate of drug-likeness (QED) is 0.741. The molecule has 132 valence electrons. The molecule has 1 fully saturated rings. The molecule has 0 saturated carbocycles. The van der Waals surface area contributed by atoms with Crippen LogP contribution in [-0.2, 0) is 11.3 Å². The van der Waals surface area contributed by atoms with Gasteiger partial charge >= 0.3 is 0 Å². The number of hydrogen-bond donors (Lipinski definition) is 1. The molecule has 0 atom stereocenters. The summed E-state index contributed by atoms with van der Waals surface area (Å²) in [7, 11) is 0. The summed E-state index contributed by atoms with van der Waals surface area (Å²) in [5.74, 6) is -0.358. The summed E-state index contributed by atoms with van der Waals surface area (Å²) in [4.78, 5) is 17.0. The number of aromatic nitrogens is 2. The van der Waals surface area contributed by atoms with Crippen molar-refractivity contribution in [2.75, 3.05) is 32.8 Å². The molecule has 0 unspecified atom stereocenters. The van der Waals surface area contributed by atoms with Gasteiger partial charge in [-0.2, -0.15) is 4.39 Å². The fraction of sp³-hybridized carbons (Fsp3) is 0.421. The van der Waals surface area contributed by atoms with Gasteiger partial charge in [0, 0.05) is 54.8 Å². The second kappa shape index (κ2) is 6.61. The lowest BCUT2D eigenvalue weighted by Gasteiger charge is -2.26. The molecular weight excluding hydrogens is 321 g/mol. The van der Waals surface area contributed by atoms with Gasteiger partial charge in [0.25, 0.3) is 0 Å². The van der Waals surface area contributed by atoms with E-state index in [1.165, 1.54) is 6.07 Å². The number of fused-ring (bicyclic) bond motifs is 3. The van der Waals surface area contributed by atoms with Crippen molar-refractivity contribution >= 4 is 21.8 Å². The van der Waals surface area contributed by atoms with Crippen molar-refractivity contribution in [3.8, 4) is 0 Å². The van der Waals surface area contributed by atoms with Crippen LogP contribution in [0, 0.1) is 12.9 Å². The van der Waals surface area contributed by atoms with E-state index in [0.717, 1.165) is 73.3 Å². The molecule has 2 aromatic heterocycles. The number of nitrogens with zero attached hydrogens (tertiary/aromatic N) is 2. The van der Waals surface area contributed by atoms with Crippen LogP contribution < -0.4 is 5.43 Å². The van der Waals surface area contributed by atoms with Crippen LogP contribution in [0.4, 0.5) is 4.39 Å². The molecule has 3 aromatic rings. The molecule has 1 N–H and O–H groups in total. The fourth-order valence-electron chi connectivity index (χ4n) is 3.82. The summed E-state index contributed by atoms with van der Waals surface area (Å²) >= 11 is 0. The molecule has 0 radical (unpaired) electrons. The lowest BCUT2D eigenvalue weighted by molar-refractivity contribution is 0.0370. The van der Waals surface area contributed by atoms with Crippen molar-refractivity contribution in [1.29, 1.82) is 0 Å². The number of nitrogens with one attached hydrogen (secondary N) is 1. The predicted octanol–water partition coefficient (Wildman–Crippen LogP) is 2.65. The van der Waals surface area contributed by atoms with Crippen LogP contribution in [0.2, 0.25) is 0 Å². The molecule has 4 rings (SSSR count). The number of halogens is 1. The lowest BCUT2D eigenvalue weighted by Crippen LogP contribution is -2.37. The number of pyridine rings is 1. The highest BCUT2D eigenvalue weighted by Gasteiger charge is 2.15. The Bertz CT molecular complexity index is 970. The Kier molecular flexibility index (Phi) is 4.31. The third-order valence-corrected chi connectivity index (χ3v) is 4.97. The van der Waals surface area contributed by atoms with Crippen molar-refractivity contribution in [2.24, 2.45) is 0 Å². The van der Waals surface area contributed by atoms with Gasteiger partial charge < -0.3 is 14.3 Å². The van der Waals surface area contributed by atoms with Gasteiger partial charge in [-0.1, -0.05) is 0 Å². The average molecular weight is 343 g/mol. The Morgan fingerprint density at radius 2 is 1.96 bits per heavy atom. The van der Waals surface area contributed by atoms with Crippen LogP contribution in [-0.4, -0.2) is 47.3 Å². The predicted molar refractivity (Wildman–Crippen MR) is 96.6 cm³/mol. The van der Waals surface area contributed by atoms with Crippen LogP contribution in [0.3, 0.4) is 0 Å². The maximum absolute atomic E-state index is 13.9. The van der Waals surface area contributed by atoms with Crippen LogP contribution in [0.15, 0.2) is 29.1 Å². The minimum absolute atomic E-state index is 0.0214. The third kappa shape index (κ3) is 3.07. The first-order valence-corrected chi connectivity index (χ1v) is 8.75. The van der Waals surface area contributed by atoms with E-state index in [-0.39, 0.29) is 11.4 Å². The number of aryl methyl sites for hydroxylation is 2. The summed E-state index contributed by atoms with van der Waals surface area (Å²) in [5, 5.41) is 1.78. The molecule has 3 heterocycles. The van der Waals surface area contributed by atoms with Gasteiger partial charge in [0.05, 0.1) is 24.2 Å². The monoisotopic (exact) mass is 343 g/mol. The Balaban J connectivity index is 1.72. The molecule has 1 aliphatic rings. The lowest BCUT2D eigenvalue weighted by atomic mass is 10.1. The molecule has 0 spiro atoms. The van der Waals surface area contributed by atoms with E-state index >= 15 is 0 Å². The van der Waals surface area contributed by atoms with Gasteiger partial charge in [0.2, 0.25) is 0 Å². The van der Waals surface area contributed by atoms with Crippen molar-refractivity contribution in [2.45, 2.75) is 19.9 Å². The zero-order chi connectivity index (χ0) is 17.4. The largest absolute Gasteiger partial charge is 0.379 e. The smallest absolute Gasteiger partial charge is 0.191 e. The molecule has 1 aliphatic heterocycles. The number of ether oxygens (including phenoxy) is 1. The molecule has 0 aliphatic carbocycles. The second-order valence-corrected chi connectivity index (χ2v) is 6.64. The first-order chi connectivity index (χ1) is 12.1. The number of aromatic amines is 1. The zero-order valence-electron chi connectivity index (χ0n) is 14.3. The number of H-pyrrole nitrogens is 1. The Morgan fingerprint density at radius 1 is 1.16 bits per heavy atom. The normalized spacial score (nSPS) is 16.1.